The Morgan fingerprint density at radius 2 is 2.04 bits per heavy atom. The monoisotopic (exact) mass is 389 g/mol. The second-order valence-corrected chi connectivity index (χ2v) is 7.79. The first-order valence-corrected chi connectivity index (χ1v) is 10.8. The van der Waals surface area contributed by atoms with Gasteiger partial charge in [0.1, 0.15) is 6.04 Å². The second kappa shape index (κ2) is 8.65. The molecule has 0 radical (unpaired) electrons. The number of para-hydroxylation sites is 2. The lowest BCUT2D eigenvalue weighted by Crippen LogP contribution is -2.52. The average molecular weight is 390 g/mol. The first-order valence-electron chi connectivity index (χ1n) is 9.37. The number of amides is 3. The lowest BCUT2D eigenvalue weighted by atomic mass is 10.2. The Kier molecular flexibility index (Phi) is 6.26. The lowest BCUT2D eigenvalue weighted by molar-refractivity contribution is -0.123. The number of carbonyl (C=O) groups is 2. The largest absolute Gasteiger partial charge is 0.352 e. The van der Waals surface area contributed by atoms with Crippen molar-refractivity contribution in [2.24, 2.45) is 0 Å². The molecule has 2 N–H and O–H groups in total. The molecule has 0 bridgehead atoms. The van der Waals surface area contributed by atoms with Crippen LogP contribution in [-0.2, 0) is 11.3 Å². The maximum Gasteiger partial charge on any atom is 0.324 e. The molecule has 1 aliphatic heterocycles. The SMILES string of the molecule is CCC(C)NC(=O)C(CCSC)NC(=O)N1CCn2c1nc1ccccc12. The topological polar surface area (TPSA) is 79.3 Å². The molecule has 3 rings (SSSR count). The minimum absolute atomic E-state index is 0.0853. The molecule has 146 valence electrons. The van der Waals surface area contributed by atoms with Crippen molar-refractivity contribution < 1.29 is 9.59 Å². The highest BCUT2D eigenvalue weighted by Gasteiger charge is 2.31. The molecule has 0 spiro atoms. The van der Waals surface area contributed by atoms with Crippen LogP contribution in [-0.4, -0.2) is 52.1 Å². The molecule has 2 aromatic rings. The average Bonchev–Trinajstić information content (AvgIpc) is 3.23. The van der Waals surface area contributed by atoms with Gasteiger partial charge in [0.05, 0.1) is 11.0 Å². The van der Waals surface area contributed by atoms with Crippen LogP contribution in [0.25, 0.3) is 11.0 Å². The maximum absolute atomic E-state index is 12.9. The van der Waals surface area contributed by atoms with Crippen molar-refractivity contribution in [2.75, 3.05) is 23.5 Å². The summed E-state index contributed by atoms with van der Waals surface area (Å²) >= 11 is 1.66. The predicted molar refractivity (Wildman–Crippen MR) is 110 cm³/mol. The fourth-order valence-corrected chi connectivity index (χ4v) is 3.63. The molecule has 1 aromatic heterocycles. The fraction of sp³-hybridized carbons (Fsp3) is 0.526. The zero-order chi connectivity index (χ0) is 19.4. The number of rotatable bonds is 7. The van der Waals surface area contributed by atoms with Crippen LogP contribution in [0, 0.1) is 0 Å². The first-order chi connectivity index (χ1) is 13.0. The highest BCUT2D eigenvalue weighted by atomic mass is 32.2. The van der Waals surface area contributed by atoms with Gasteiger partial charge in [-0.15, -0.1) is 0 Å². The minimum atomic E-state index is -0.544. The van der Waals surface area contributed by atoms with E-state index in [9.17, 15) is 9.59 Å². The quantitative estimate of drug-likeness (QED) is 0.763. The van der Waals surface area contributed by atoms with Gasteiger partial charge in [-0.2, -0.15) is 11.8 Å². The van der Waals surface area contributed by atoms with Crippen molar-refractivity contribution in [3.05, 3.63) is 24.3 Å². The van der Waals surface area contributed by atoms with Crippen LogP contribution < -0.4 is 15.5 Å². The van der Waals surface area contributed by atoms with E-state index in [1.807, 2.05) is 48.9 Å². The van der Waals surface area contributed by atoms with Crippen molar-refractivity contribution in [3.63, 3.8) is 0 Å². The van der Waals surface area contributed by atoms with Gasteiger partial charge < -0.3 is 15.2 Å². The van der Waals surface area contributed by atoms with Crippen LogP contribution in [0.15, 0.2) is 24.3 Å². The Bertz CT molecular complexity index is 822. The molecule has 2 atom stereocenters. The van der Waals surface area contributed by atoms with Crippen LogP contribution in [0.5, 0.6) is 0 Å². The van der Waals surface area contributed by atoms with E-state index in [1.54, 1.807) is 16.7 Å². The number of hydrogen-bond acceptors (Lipinski definition) is 4. The van der Waals surface area contributed by atoms with Crippen molar-refractivity contribution in [1.29, 1.82) is 0 Å². The number of nitrogens with zero attached hydrogens (tertiary/aromatic N) is 3. The first kappa shape index (κ1) is 19.5. The van der Waals surface area contributed by atoms with Gasteiger partial charge in [-0.25, -0.2) is 9.78 Å². The van der Waals surface area contributed by atoms with Gasteiger partial charge in [0.2, 0.25) is 11.9 Å². The van der Waals surface area contributed by atoms with E-state index >= 15 is 0 Å². The number of benzene rings is 1. The van der Waals surface area contributed by atoms with Crippen LogP contribution in [0.1, 0.15) is 26.7 Å². The summed E-state index contributed by atoms with van der Waals surface area (Å²) in [7, 11) is 0. The Balaban J connectivity index is 1.74. The molecule has 8 heteroatoms. The summed E-state index contributed by atoms with van der Waals surface area (Å²) in [5, 5.41) is 5.89. The highest BCUT2D eigenvalue weighted by molar-refractivity contribution is 7.98. The Hall–Kier alpha value is -2.22. The third-order valence-corrected chi connectivity index (χ3v) is 5.54. The molecular weight excluding hydrogens is 362 g/mol. The third-order valence-electron chi connectivity index (χ3n) is 4.89. The normalized spacial score (nSPS) is 15.4. The zero-order valence-electron chi connectivity index (χ0n) is 16.1. The van der Waals surface area contributed by atoms with E-state index in [0.717, 1.165) is 23.2 Å². The van der Waals surface area contributed by atoms with Crippen LogP contribution in [0.3, 0.4) is 0 Å². The molecule has 2 heterocycles. The molecule has 3 amide bonds. The van der Waals surface area contributed by atoms with Gasteiger partial charge >= 0.3 is 6.03 Å². The number of anilines is 1. The van der Waals surface area contributed by atoms with Crippen LogP contribution >= 0.6 is 11.8 Å². The summed E-state index contributed by atoms with van der Waals surface area (Å²) in [5.74, 6) is 1.32. The van der Waals surface area contributed by atoms with Gasteiger partial charge in [0, 0.05) is 19.1 Å². The number of fused-ring (bicyclic) bond motifs is 3. The summed E-state index contributed by atoms with van der Waals surface area (Å²) in [6, 6.07) is 7.13. The van der Waals surface area contributed by atoms with Gasteiger partial charge in [-0.3, -0.25) is 9.69 Å². The molecule has 0 saturated heterocycles. The van der Waals surface area contributed by atoms with Crippen molar-refractivity contribution >= 4 is 40.7 Å². The van der Waals surface area contributed by atoms with Crippen molar-refractivity contribution in [1.82, 2.24) is 20.2 Å². The molecule has 27 heavy (non-hydrogen) atoms. The Labute approximate surface area is 163 Å². The maximum atomic E-state index is 12.9. The van der Waals surface area contributed by atoms with Crippen LogP contribution in [0.2, 0.25) is 0 Å². The van der Waals surface area contributed by atoms with E-state index in [-0.39, 0.29) is 18.0 Å². The number of nitrogens with one attached hydrogen (secondary N) is 2. The highest BCUT2D eigenvalue weighted by Crippen LogP contribution is 2.27. The summed E-state index contributed by atoms with van der Waals surface area (Å²) < 4.78 is 2.05. The number of carbonyl (C=O) groups excluding carboxylic acids is 2. The van der Waals surface area contributed by atoms with E-state index in [4.69, 9.17) is 0 Å². The summed E-state index contributed by atoms with van der Waals surface area (Å²) in [6.45, 7) is 5.25. The molecule has 0 saturated carbocycles. The summed E-state index contributed by atoms with van der Waals surface area (Å²) in [4.78, 5) is 31.7. The molecule has 1 aromatic carbocycles. The smallest absolute Gasteiger partial charge is 0.324 e. The Morgan fingerprint density at radius 1 is 1.26 bits per heavy atom. The third kappa shape index (κ3) is 4.21. The molecule has 0 aliphatic carbocycles. The number of imidazole rings is 1. The predicted octanol–water partition coefficient (Wildman–Crippen LogP) is 2.60. The second-order valence-electron chi connectivity index (χ2n) is 6.81. The molecule has 2 unspecified atom stereocenters. The fourth-order valence-electron chi connectivity index (χ4n) is 3.16. The van der Waals surface area contributed by atoms with E-state index in [0.29, 0.717) is 25.5 Å². The summed E-state index contributed by atoms with van der Waals surface area (Å²) in [6.07, 6.45) is 3.44. The number of hydrogen-bond donors (Lipinski definition) is 2. The number of thioether (sulfide) groups is 1. The van der Waals surface area contributed by atoms with Crippen molar-refractivity contribution in [3.8, 4) is 0 Å². The van der Waals surface area contributed by atoms with Gasteiger partial charge in [0.25, 0.3) is 0 Å². The van der Waals surface area contributed by atoms with E-state index in [2.05, 4.69) is 15.6 Å². The molecular formula is C19H27N5O2S. The van der Waals surface area contributed by atoms with Gasteiger partial charge in [-0.1, -0.05) is 19.1 Å². The van der Waals surface area contributed by atoms with Crippen LogP contribution in [0.4, 0.5) is 10.7 Å². The van der Waals surface area contributed by atoms with E-state index < -0.39 is 6.04 Å². The molecule has 7 nitrogen and oxygen atoms in total. The van der Waals surface area contributed by atoms with E-state index in [1.165, 1.54) is 0 Å². The standard InChI is InChI=1S/C19H27N5O2S/c1-4-13(2)20-17(25)15(9-12-27-3)22-19(26)24-11-10-23-16-8-6-5-7-14(16)21-18(23)24/h5-8,13,15H,4,9-12H2,1-3H3,(H,20,25)(H,22,26). The lowest BCUT2D eigenvalue weighted by Gasteiger charge is -2.23. The number of aromatic nitrogens is 2. The van der Waals surface area contributed by atoms with Crippen molar-refractivity contribution in [2.45, 2.75) is 45.3 Å². The minimum Gasteiger partial charge on any atom is -0.352 e. The molecule has 0 fully saturated rings. The van der Waals surface area contributed by atoms with Gasteiger partial charge in [0.15, 0.2) is 0 Å². The van der Waals surface area contributed by atoms with Gasteiger partial charge in [-0.05, 0) is 43.9 Å². The Morgan fingerprint density at radius 3 is 2.78 bits per heavy atom. The summed E-state index contributed by atoms with van der Waals surface area (Å²) in [5.41, 5.74) is 1.90. The molecule has 1 aliphatic rings. The number of urea groups is 1. The zero-order valence-corrected chi connectivity index (χ0v) is 16.9.